The number of carbonyl (C=O) groups is 1. The molecule has 1 heterocycles. The largest absolute Gasteiger partial charge is 0.322 e. The van der Waals surface area contributed by atoms with E-state index in [0.29, 0.717) is 5.56 Å². The minimum Gasteiger partial charge on any atom is -0.322 e. The summed E-state index contributed by atoms with van der Waals surface area (Å²) in [6, 6.07) is 22.1. The van der Waals surface area contributed by atoms with Crippen LogP contribution >= 0.6 is 0 Å². The molecule has 0 radical (unpaired) electrons. The highest BCUT2D eigenvalue weighted by Gasteiger charge is 2.20. The lowest BCUT2D eigenvalue weighted by Gasteiger charge is -2.16. The second-order valence-corrected chi connectivity index (χ2v) is 7.62. The molecule has 0 aliphatic carbocycles. The van der Waals surface area contributed by atoms with Gasteiger partial charge >= 0.3 is 0 Å². The zero-order valence-electron chi connectivity index (χ0n) is 17.2. The Morgan fingerprint density at radius 2 is 1.52 bits per heavy atom. The van der Waals surface area contributed by atoms with Crippen molar-refractivity contribution in [2.45, 2.75) is 27.7 Å². The van der Waals surface area contributed by atoms with Gasteiger partial charge in [-0.2, -0.15) is 0 Å². The summed E-state index contributed by atoms with van der Waals surface area (Å²) in [4.78, 5) is 18.4. The number of carbonyl (C=O) groups excluding carboxylic acids is 1. The molecule has 0 aliphatic heterocycles. The summed E-state index contributed by atoms with van der Waals surface area (Å²) in [6.07, 6.45) is 0. The van der Waals surface area contributed by atoms with Gasteiger partial charge in [-0.3, -0.25) is 4.79 Å². The number of hydrogen-bond donors (Lipinski definition) is 1. The molecular weight excluding hydrogens is 356 g/mol. The highest BCUT2D eigenvalue weighted by molar-refractivity contribution is 6.15. The van der Waals surface area contributed by atoms with E-state index >= 15 is 0 Å². The Balaban J connectivity index is 1.94. The first-order valence-electron chi connectivity index (χ1n) is 9.79. The van der Waals surface area contributed by atoms with Crippen molar-refractivity contribution in [3.8, 4) is 11.3 Å². The second kappa shape index (κ2) is 7.51. The number of benzene rings is 3. The minimum absolute atomic E-state index is 0.110. The number of hydrogen-bond acceptors (Lipinski definition) is 2. The van der Waals surface area contributed by atoms with Crippen LogP contribution in [0.4, 0.5) is 5.69 Å². The Morgan fingerprint density at radius 3 is 2.21 bits per heavy atom. The molecule has 29 heavy (non-hydrogen) atoms. The monoisotopic (exact) mass is 380 g/mol. The van der Waals surface area contributed by atoms with E-state index in [0.717, 1.165) is 50.1 Å². The molecule has 1 aromatic heterocycles. The number of fused-ring (bicyclic) bond motifs is 1. The number of anilines is 1. The molecule has 0 saturated heterocycles. The number of amides is 1. The number of rotatable bonds is 3. The summed E-state index contributed by atoms with van der Waals surface area (Å²) in [7, 11) is 0. The third-order valence-corrected chi connectivity index (χ3v) is 5.25. The Morgan fingerprint density at radius 1 is 0.828 bits per heavy atom. The van der Waals surface area contributed by atoms with E-state index in [1.807, 2.05) is 75.4 Å². The van der Waals surface area contributed by atoms with E-state index in [2.05, 4.69) is 24.4 Å². The van der Waals surface area contributed by atoms with Gasteiger partial charge < -0.3 is 5.32 Å². The molecule has 144 valence electrons. The smallest absolute Gasteiger partial charge is 0.256 e. The lowest BCUT2D eigenvalue weighted by molar-refractivity contribution is 0.102. The van der Waals surface area contributed by atoms with Crippen molar-refractivity contribution in [2.24, 2.45) is 0 Å². The van der Waals surface area contributed by atoms with Crippen LogP contribution in [0.25, 0.3) is 22.2 Å². The Hall–Kier alpha value is -3.46. The van der Waals surface area contributed by atoms with E-state index < -0.39 is 0 Å². The van der Waals surface area contributed by atoms with E-state index in [1.165, 1.54) is 0 Å². The molecule has 3 aromatic carbocycles. The summed E-state index contributed by atoms with van der Waals surface area (Å²) in [5, 5.41) is 3.96. The van der Waals surface area contributed by atoms with Gasteiger partial charge in [0.15, 0.2) is 0 Å². The van der Waals surface area contributed by atoms with E-state index in [1.54, 1.807) is 0 Å². The standard InChI is InChI=1S/C26H24N2O/c1-16-10-12-21(13-11-16)27-26(29)23-19(4)25(20-8-6-5-7-9-20)28-24-18(3)14-17(2)15-22(23)24/h5-15H,1-4H3,(H,27,29). The molecule has 1 amide bonds. The Bertz CT molecular complexity index is 1210. The van der Waals surface area contributed by atoms with Gasteiger partial charge in [-0.05, 0) is 57.0 Å². The third-order valence-electron chi connectivity index (χ3n) is 5.25. The maximum atomic E-state index is 13.4. The van der Waals surface area contributed by atoms with Gasteiger partial charge in [-0.25, -0.2) is 4.98 Å². The molecular formula is C26H24N2O. The molecule has 0 bridgehead atoms. The van der Waals surface area contributed by atoms with Crippen LogP contribution in [-0.2, 0) is 0 Å². The lowest BCUT2D eigenvalue weighted by atomic mass is 9.94. The molecule has 0 aliphatic rings. The molecule has 3 heteroatoms. The molecule has 0 atom stereocenters. The molecule has 3 nitrogen and oxygen atoms in total. The fraction of sp³-hybridized carbons (Fsp3) is 0.154. The van der Waals surface area contributed by atoms with Crippen molar-refractivity contribution in [3.63, 3.8) is 0 Å². The van der Waals surface area contributed by atoms with Crippen molar-refractivity contribution in [1.29, 1.82) is 0 Å². The van der Waals surface area contributed by atoms with Crippen molar-refractivity contribution in [3.05, 3.63) is 94.5 Å². The van der Waals surface area contributed by atoms with Gasteiger partial charge in [0.25, 0.3) is 5.91 Å². The van der Waals surface area contributed by atoms with Crippen LogP contribution in [-0.4, -0.2) is 10.9 Å². The highest BCUT2D eigenvalue weighted by Crippen LogP contribution is 2.32. The van der Waals surface area contributed by atoms with Gasteiger partial charge in [-0.15, -0.1) is 0 Å². The van der Waals surface area contributed by atoms with Crippen molar-refractivity contribution in [1.82, 2.24) is 4.98 Å². The average Bonchev–Trinajstić information content (AvgIpc) is 2.70. The average molecular weight is 380 g/mol. The first kappa shape index (κ1) is 18.9. The summed E-state index contributed by atoms with van der Waals surface area (Å²) < 4.78 is 0. The summed E-state index contributed by atoms with van der Waals surface area (Å²) >= 11 is 0. The van der Waals surface area contributed by atoms with Crippen molar-refractivity contribution in [2.75, 3.05) is 5.32 Å². The normalized spacial score (nSPS) is 10.9. The zero-order chi connectivity index (χ0) is 20.5. The number of aromatic nitrogens is 1. The van der Waals surface area contributed by atoms with Crippen LogP contribution in [0.3, 0.4) is 0 Å². The second-order valence-electron chi connectivity index (χ2n) is 7.62. The van der Waals surface area contributed by atoms with Crippen molar-refractivity contribution < 1.29 is 4.79 Å². The van der Waals surface area contributed by atoms with Gasteiger partial charge in [0.05, 0.1) is 16.8 Å². The van der Waals surface area contributed by atoms with Crippen LogP contribution < -0.4 is 5.32 Å². The number of nitrogens with zero attached hydrogens (tertiary/aromatic N) is 1. The van der Waals surface area contributed by atoms with Crippen molar-refractivity contribution >= 4 is 22.5 Å². The first-order chi connectivity index (χ1) is 13.9. The van der Waals surface area contributed by atoms with E-state index in [4.69, 9.17) is 4.98 Å². The van der Waals surface area contributed by atoms with Crippen LogP contribution in [0.1, 0.15) is 32.6 Å². The summed E-state index contributed by atoms with van der Waals surface area (Å²) in [5.41, 5.74) is 8.43. The quantitative estimate of drug-likeness (QED) is 0.447. The summed E-state index contributed by atoms with van der Waals surface area (Å²) in [5.74, 6) is -0.110. The first-order valence-corrected chi connectivity index (χ1v) is 9.79. The van der Waals surface area contributed by atoms with Gasteiger partial charge in [-0.1, -0.05) is 59.7 Å². The maximum Gasteiger partial charge on any atom is 0.256 e. The molecule has 1 N–H and O–H groups in total. The van der Waals surface area contributed by atoms with Crippen LogP contribution in [0.15, 0.2) is 66.7 Å². The highest BCUT2D eigenvalue weighted by atomic mass is 16.1. The molecule has 0 fully saturated rings. The number of nitrogens with one attached hydrogen (secondary N) is 1. The SMILES string of the molecule is Cc1ccc(NC(=O)c2c(C)c(-c3ccccc3)nc3c(C)cc(C)cc23)cc1. The number of pyridine rings is 1. The van der Waals surface area contributed by atoms with Gasteiger partial charge in [0, 0.05) is 16.6 Å². The number of aryl methyl sites for hydroxylation is 3. The fourth-order valence-corrected chi connectivity index (χ4v) is 3.82. The Kier molecular flexibility index (Phi) is 4.89. The molecule has 0 saturated carbocycles. The van der Waals surface area contributed by atoms with Gasteiger partial charge in [0.1, 0.15) is 0 Å². The maximum absolute atomic E-state index is 13.4. The molecule has 0 spiro atoms. The van der Waals surface area contributed by atoms with Crippen LogP contribution in [0.2, 0.25) is 0 Å². The fourth-order valence-electron chi connectivity index (χ4n) is 3.82. The molecule has 0 unspecified atom stereocenters. The summed E-state index contributed by atoms with van der Waals surface area (Å²) in [6.45, 7) is 8.11. The lowest BCUT2D eigenvalue weighted by Crippen LogP contribution is -2.15. The zero-order valence-corrected chi connectivity index (χ0v) is 17.2. The topological polar surface area (TPSA) is 42.0 Å². The molecule has 4 aromatic rings. The molecule has 4 rings (SSSR count). The van der Waals surface area contributed by atoms with E-state index in [9.17, 15) is 4.79 Å². The van der Waals surface area contributed by atoms with E-state index in [-0.39, 0.29) is 5.91 Å². The third kappa shape index (κ3) is 3.64. The predicted molar refractivity (Wildman–Crippen MR) is 121 cm³/mol. The van der Waals surface area contributed by atoms with Crippen LogP contribution in [0.5, 0.6) is 0 Å². The minimum atomic E-state index is -0.110. The van der Waals surface area contributed by atoms with Gasteiger partial charge in [0.2, 0.25) is 0 Å². The Labute approximate surface area is 171 Å². The predicted octanol–water partition coefficient (Wildman–Crippen LogP) is 6.39. The van der Waals surface area contributed by atoms with Crippen LogP contribution in [0, 0.1) is 27.7 Å².